The molecule has 28 heavy (non-hydrogen) atoms. The molecule has 2 N–H and O–H groups in total. The lowest BCUT2D eigenvalue weighted by Crippen LogP contribution is -2.63. The van der Waals surface area contributed by atoms with Crippen LogP contribution in [0.25, 0.3) is 0 Å². The lowest BCUT2D eigenvalue weighted by molar-refractivity contribution is -0.132. The van der Waals surface area contributed by atoms with Gasteiger partial charge in [-0.25, -0.2) is 8.42 Å². The number of amides is 3. The third kappa shape index (κ3) is 4.50. The first-order valence-electron chi connectivity index (χ1n) is 9.16. The van der Waals surface area contributed by atoms with Gasteiger partial charge in [-0.1, -0.05) is 18.2 Å². The van der Waals surface area contributed by atoms with Gasteiger partial charge in [0.25, 0.3) is 5.91 Å². The van der Waals surface area contributed by atoms with Crippen LogP contribution in [0, 0.1) is 0 Å². The smallest absolute Gasteiger partial charge is 0.253 e. The second-order valence-corrected chi connectivity index (χ2v) is 8.94. The summed E-state index contributed by atoms with van der Waals surface area (Å²) < 4.78 is 25.4. The zero-order valence-corrected chi connectivity index (χ0v) is 16.4. The molecule has 0 radical (unpaired) electrons. The van der Waals surface area contributed by atoms with Crippen LogP contribution in [0.15, 0.2) is 30.3 Å². The highest BCUT2D eigenvalue weighted by atomic mass is 32.2. The fraction of sp³-hybridized carbons (Fsp3) is 0.500. The van der Waals surface area contributed by atoms with E-state index in [1.54, 1.807) is 30.3 Å². The van der Waals surface area contributed by atoms with Gasteiger partial charge in [-0.2, -0.15) is 4.31 Å². The number of carbonyl (C=O) groups is 3. The molecule has 0 aromatic heterocycles. The van der Waals surface area contributed by atoms with E-state index in [4.69, 9.17) is 0 Å². The molecule has 2 fully saturated rings. The average molecular weight is 408 g/mol. The Morgan fingerprint density at radius 3 is 2.54 bits per heavy atom. The standard InChI is InChI=1S/C18H24N4O5S/c1-28(26,27)22-11-10-21(18(25)13-6-3-2-4-7-13)12-15(22)17(24)20-14-8-5-9-19-16(14)23/h2-4,6-7,14-15H,5,8-12H2,1H3,(H,19,23)(H,20,24)/t14-,15+/m1/s1. The summed E-state index contributed by atoms with van der Waals surface area (Å²) in [6.45, 7) is 0.700. The van der Waals surface area contributed by atoms with E-state index in [9.17, 15) is 22.8 Å². The van der Waals surface area contributed by atoms with E-state index in [0.717, 1.165) is 17.0 Å². The fourth-order valence-corrected chi connectivity index (χ4v) is 4.54. The van der Waals surface area contributed by atoms with Crippen molar-refractivity contribution in [2.75, 3.05) is 32.4 Å². The predicted molar refractivity (Wildman–Crippen MR) is 102 cm³/mol. The van der Waals surface area contributed by atoms with Crippen LogP contribution in [0.4, 0.5) is 0 Å². The lowest BCUT2D eigenvalue weighted by Gasteiger charge is -2.39. The number of hydrogen-bond donors (Lipinski definition) is 2. The number of piperazine rings is 1. The summed E-state index contributed by atoms with van der Waals surface area (Å²) in [6, 6.07) is 6.86. The first kappa shape index (κ1) is 20.3. The maximum Gasteiger partial charge on any atom is 0.253 e. The van der Waals surface area contributed by atoms with Gasteiger partial charge < -0.3 is 15.5 Å². The van der Waals surface area contributed by atoms with Crippen molar-refractivity contribution in [2.24, 2.45) is 0 Å². The predicted octanol–water partition coefficient (Wildman–Crippen LogP) is -0.833. The summed E-state index contributed by atoms with van der Waals surface area (Å²) in [5.74, 6) is -1.11. The largest absolute Gasteiger partial charge is 0.354 e. The number of sulfonamides is 1. The molecule has 2 aliphatic rings. The highest BCUT2D eigenvalue weighted by molar-refractivity contribution is 7.88. The Labute approximate surface area is 164 Å². The topological polar surface area (TPSA) is 116 Å². The third-order valence-electron chi connectivity index (χ3n) is 4.97. The average Bonchev–Trinajstić information content (AvgIpc) is 2.68. The number of nitrogens with one attached hydrogen (secondary N) is 2. The molecule has 0 bridgehead atoms. The molecule has 0 aliphatic carbocycles. The zero-order valence-electron chi connectivity index (χ0n) is 15.6. The summed E-state index contributed by atoms with van der Waals surface area (Å²) in [7, 11) is -3.65. The van der Waals surface area contributed by atoms with Crippen LogP contribution in [-0.4, -0.2) is 79.9 Å². The second kappa shape index (κ2) is 8.27. The van der Waals surface area contributed by atoms with E-state index >= 15 is 0 Å². The molecule has 2 aliphatic heterocycles. The molecule has 2 saturated heterocycles. The van der Waals surface area contributed by atoms with Crippen molar-refractivity contribution in [3.05, 3.63) is 35.9 Å². The van der Waals surface area contributed by atoms with Crippen molar-refractivity contribution >= 4 is 27.7 Å². The number of piperidine rings is 1. The molecule has 0 unspecified atom stereocenters. The number of benzene rings is 1. The minimum Gasteiger partial charge on any atom is -0.354 e. The van der Waals surface area contributed by atoms with Gasteiger partial charge in [0.15, 0.2) is 0 Å². The first-order valence-corrected chi connectivity index (χ1v) is 11.0. The van der Waals surface area contributed by atoms with E-state index in [1.807, 2.05) is 0 Å². The van der Waals surface area contributed by atoms with E-state index in [0.29, 0.717) is 18.5 Å². The Balaban J connectivity index is 1.78. The summed E-state index contributed by atoms with van der Waals surface area (Å²) in [6.07, 6.45) is 2.26. The molecule has 1 aromatic rings. The highest BCUT2D eigenvalue weighted by Crippen LogP contribution is 2.17. The minimum atomic E-state index is -3.65. The fourth-order valence-electron chi connectivity index (χ4n) is 3.50. The SMILES string of the molecule is CS(=O)(=O)N1CCN(C(=O)c2ccccc2)C[C@H]1C(=O)N[C@@H]1CCCNC1=O. The van der Waals surface area contributed by atoms with E-state index in [-0.39, 0.29) is 31.4 Å². The minimum absolute atomic E-state index is 0.0202. The highest BCUT2D eigenvalue weighted by Gasteiger charge is 2.40. The Hall–Kier alpha value is -2.46. The summed E-state index contributed by atoms with van der Waals surface area (Å²) >= 11 is 0. The molecule has 10 heteroatoms. The van der Waals surface area contributed by atoms with Gasteiger partial charge in [0.1, 0.15) is 12.1 Å². The van der Waals surface area contributed by atoms with Crippen LogP contribution in [0.2, 0.25) is 0 Å². The molecule has 3 amide bonds. The number of nitrogens with zero attached hydrogens (tertiary/aromatic N) is 2. The second-order valence-electron chi connectivity index (χ2n) is 7.00. The van der Waals surface area contributed by atoms with Gasteiger partial charge in [-0.05, 0) is 25.0 Å². The normalized spacial score (nSPS) is 23.8. The first-order chi connectivity index (χ1) is 13.3. The van der Waals surface area contributed by atoms with Crippen LogP contribution in [0.5, 0.6) is 0 Å². The Kier molecular flexibility index (Phi) is 5.99. The third-order valence-corrected chi connectivity index (χ3v) is 6.26. The van der Waals surface area contributed by atoms with Gasteiger partial charge in [0, 0.05) is 31.7 Å². The summed E-state index contributed by atoms with van der Waals surface area (Å²) in [5, 5.41) is 5.32. The molecule has 3 rings (SSSR count). The molecule has 2 atom stereocenters. The lowest BCUT2D eigenvalue weighted by atomic mass is 10.1. The van der Waals surface area contributed by atoms with E-state index in [1.165, 1.54) is 4.90 Å². The molecular formula is C18H24N4O5S. The molecular weight excluding hydrogens is 384 g/mol. The van der Waals surface area contributed by atoms with Crippen molar-refractivity contribution in [1.82, 2.24) is 19.8 Å². The number of rotatable bonds is 4. The van der Waals surface area contributed by atoms with E-state index < -0.39 is 28.0 Å². The van der Waals surface area contributed by atoms with E-state index in [2.05, 4.69) is 10.6 Å². The Morgan fingerprint density at radius 1 is 1.18 bits per heavy atom. The van der Waals surface area contributed by atoms with Gasteiger partial charge in [-0.15, -0.1) is 0 Å². The molecule has 0 spiro atoms. The van der Waals surface area contributed by atoms with Gasteiger partial charge >= 0.3 is 0 Å². The molecule has 9 nitrogen and oxygen atoms in total. The summed E-state index contributed by atoms with van der Waals surface area (Å²) in [4.78, 5) is 39.0. The van der Waals surface area contributed by atoms with Crippen molar-refractivity contribution in [3.8, 4) is 0 Å². The number of carbonyl (C=O) groups excluding carboxylic acids is 3. The van der Waals surface area contributed by atoms with Gasteiger partial charge in [-0.3, -0.25) is 14.4 Å². The van der Waals surface area contributed by atoms with Gasteiger partial charge in [0.2, 0.25) is 21.8 Å². The molecule has 1 aromatic carbocycles. The Morgan fingerprint density at radius 2 is 1.89 bits per heavy atom. The molecule has 2 heterocycles. The Bertz CT molecular complexity index is 858. The maximum atomic E-state index is 12.8. The van der Waals surface area contributed by atoms with Crippen LogP contribution < -0.4 is 10.6 Å². The number of hydrogen-bond acceptors (Lipinski definition) is 5. The monoisotopic (exact) mass is 408 g/mol. The van der Waals surface area contributed by atoms with Crippen LogP contribution >= 0.6 is 0 Å². The van der Waals surface area contributed by atoms with Crippen LogP contribution in [0.1, 0.15) is 23.2 Å². The van der Waals surface area contributed by atoms with Crippen molar-refractivity contribution in [1.29, 1.82) is 0 Å². The maximum absolute atomic E-state index is 12.8. The van der Waals surface area contributed by atoms with Crippen molar-refractivity contribution < 1.29 is 22.8 Å². The van der Waals surface area contributed by atoms with Crippen molar-refractivity contribution in [3.63, 3.8) is 0 Å². The molecule has 0 saturated carbocycles. The van der Waals surface area contributed by atoms with Crippen LogP contribution in [-0.2, 0) is 19.6 Å². The van der Waals surface area contributed by atoms with Crippen LogP contribution in [0.3, 0.4) is 0 Å². The molecule has 152 valence electrons. The zero-order chi connectivity index (χ0) is 20.3. The van der Waals surface area contributed by atoms with Crippen molar-refractivity contribution in [2.45, 2.75) is 24.9 Å². The van der Waals surface area contributed by atoms with Gasteiger partial charge in [0.05, 0.1) is 6.26 Å². The summed E-state index contributed by atoms with van der Waals surface area (Å²) in [5.41, 5.74) is 0.473. The quantitative estimate of drug-likeness (QED) is 0.675.